The van der Waals surface area contributed by atoms with E-state index < -0.39 is 24.1 Å². The highest BCUT2D eigenvalue weighted by Gasteiger charge is 2.21. The number of carbonyl (C=O) groups excluding carboxylic acids is 1. The van der Waals surface area contributed by atoms with Crippen LogP contribution in [0.4, 0.5) is 0 Å². The minimum absolute atomic E-state index is 0. The van der Waals surface area contributed by atoms with Crippen LogP contribution >= 0.6 is 12.4 Å². The van der Waals surface area contributed by atoms with Gasteiger partial charge in [0.1, 0.15) is 23.5 Å². The number of ether oxygens (including phenoxy) is 1. The highest BCUT2D eigenvalue weighted by Crippen LogP contribution is 2.25. The summed E-state index contributed by atoms with van der Waals surface area (Å²) in [5.41, 5.74) is 0.544. The molecule has 0 heterocycles. The molecule has 0 aromatic heterocycles. The quantitative estimate of drug-likeness (QED) is 0.329. The molecule has 5 N–H and O–H groups in total. The van der Waals surface area contributed by atoms with Gasteiger partial charge in [-0.2, -0.15) is 0 Å². The van der Waals surface area contributed by atoms with Gasteiger partial charge in [-0.25, -0.2) is 4.79 Å². The number of hydrogen-bond acceptors (Lipinski definition) is 7. The number of carboxylic acid groups (broad SMARTS) is 1. The van der Waals surface area contributed by atoms with Crippen molar-refractivity contribution in [2.24, 2.45) is 0 Å². The highest BCUT2D eigenvalue weighted by molar-refractivity contribution is 5.92. The largest absolute Gasteiger partial charge is 0.507 e. The number of hydrogen-bond donors (Lipinski definition) is 5. The summed E-state index contributed by atoms with van der Waals surface area (Å²) in [6.07, 6.45) is -0.587. The van der Waals surface area contributed by atoms with Crippen molar-refractivity contribution in [2.75, 3.05) is 6.54 Å². The zero-order valence-corrected chi connectivity index (χ0v) is 15.8. The zero-order chi connectivity index (χ0) is 20.0. The van der Waals surface area contributed by atoms with Gasteiger partial charge in [-0.05, 0) is 43.2 Å². The van der Waals surface area contributed by atoms with Crippen molar-refractivity contribution in [1.29, 1.82) is 0 Å². The van der Waals surface area contributed by atoms with Crippen LogP contribution in [0.3, 0.4) is 0 Å². The number of benzene rings is 2. The van der Waals surface area contributed by atoms with Crippen molar-refractivity contribution in [3.63, 3.8) is 0 Å². The number of esters is 1. The lowest BCUT2D eigenvalue weighted by Crippen LogP contribution is -2.42. The molecule has 0 amide bonds. The van der Waals surface area contributed by atoms with E-state index in [1.54, 1.807) is 19.1 Å². The van der Waals surface area contributed by atoms with Gasteiger partial charge in [0.15, 0.2) is 11.5 Å². The molecule has 0 bridgehead atoms. The fraction of sp³-hybridized carbons (Fsp3) is 0.263. The third-order valence-electron chi connectivity index (χ3n) is 3.86. The van der Waals surface area contributed by atoms with Crippen LogP contribution in [0.15, 0.2) is 42.5 Å². The van der Waals surface area contributed by atoms with Crippen molar-refractivity contribution in [3.05, 3.63) is 53.6 Å². The lowest BCUT2D eigenvalue weighted by Gasteiger charge is -2.19. The Morgan fingerprint density at radius 1 is 1.04 bits per heavy atom. The normalized spacial score (nSPS) is 12.5. The molecule has 0 aliphatic heterocycles. The molecule has 1 unspecified atom stereocenters. The third-order valence-corrected chi connectivity index (χ3v) is 3.86. The molecule has 0 spiro atoms. The maximum atomic E-state index is 12.0. The summed E-state index contributed by atoms with van der Waals surface area (Å²) in [6.45, 7) is 1.66. The number of phenolic OH excluding ortho intramolecular Hbond substituents is 3. The molecule has 0 fully saturated rings. The van der Waals surface area contributed by atoms with E-state index in [4.69, 9.17) is 4.74 Å². The Morgan fingerprint density at radius 3 is 2.32 bits per heavy atom. The van der Waals surface area contributed by atoms with Crippen molar-refractivity contribution in [3.8, 4) is 17.2 Å². The van der Waals surface area contributed by atoms with Gasteiger partial charge in [-0.3, -0.25) is 4.79 Å². The molecule has 2 aromatic carbocycles. The lowest BCUT2D eigenvalue weighted by molar-refractivity contribution is -0.139. The number of aliphatic carboxylic acids is 1. The Balaban J connectivity index is 0.00000392. The van der Waals surface area contributed by atoms with Crippen molar-refractivity contribution >= 4 is 24.3 Å². The van der Waals surface area contributed by atoms with Crippen LogP contribution in [-0.2, 0) is 16.0 Å². The molecule has 28 heavy (non-hydrogen) atoms. The zero-order valence-electron chi connectivity index (χ0n) is 15.0. The fourth-order valence-corrected chi connectivity index (χ4v) is 2.42. The standard InChI is InChI=1S/C19H21NO7.ClH/c1-11(27-19(26)13-4-2-3-5-15(13)21)10-20-14(18(24)25)8-12-6-7-16(22)17(23)9-12;/h2-7,9,11,14,20-23H,8,10H2,1H3,(H,24,25);1H/t11?,14-;/m0./s1. The van der Waals surface area contributed by atoms with Crippen LogP contribution in [-0.4, -0.2) is 51.1 Å². The number of phenols is 3. The summed E-state index contributed by atoms with van der Waals surface area (Å²) < 4.78 is 5.21. The average Bonchev–Trinajstić information content (AvgIpc) is 2.61. The molecular formula is C19H22ClNO7. The van der Waals surface area contributed by atoms with Crippen molar-refractivity contribution < 1.29 is 34.8 Å². The number of nitrogens with one attached hydrogen (secondary N) is 1. The Labute approximate surface area is 167 Å². The van der Waals surface area contributed by atoms with Crippen molar-refractivity contribution in [2.45, 2.75) is 25.5 Å². The number of carboxylic acids is 1. The van der Waals surface area contributed by atoms with Gasteiger partial charge < -0.3 is 30.5 Å². The number of halogens is 1. The van der Waals surface area contributed by atoms with Gasteiger partial charge in [-0.1, -0.05) is 18.2 Å². The smallest absolute Gasteiger partial charge is 0.342 e. The third kappa shape index (κ3) is 6.33. The number of para-hydroxylation sites is 1. The Hall–Kier alpha value is -2.97. The van der Waals surface area contributed by atoms with E-state index in [2.05, 4.69) is 5.32 Å². The molecular weight excluding hydrogens is 390 g/mol. The van der Waals surface area contributed by atoms with E-state index in [9.17, 15) is 30.0 Å². The van der Waals surface area contributed by atoms with Gasteiger partial charge in [-0.15, -0.1) is 12.4 Å². The summed E-state index contributed by atoms with van der Waals surface area (Å²) in [5.74, 6) is -2.64. The van der Waals surface area contributed by atoms with Crippen LogP contribution in [0.5, 0.6) is 17.2 Å². The summed E-state index contributed by atoms with van der Waals surface area (Å²) in [5, 5.41) is 40.6. The molecule has 0 saturated heterocycles. The topological polar surface area (TPSA) is 136 Å². The summed E-state index contributed by atoms with van der Waals surface area (Å²) in [6, 6.07) is 9.05. The van der Waals surface area contributed by atoms with Gasteiger partial charge in [0.05, 0.1) is 0 Å². The molecule has 152 valence electrons. The molecule has 2 atom stereocenters. The number of carbonyl (C=O) groups is 2. The second-order valence-electron chi connectivity index (χ2n) is 6.06. The monoisotopic (exact) mass is 411 g/mol. The SMILES string of the molecule is CC(CN[C@@H](Cc1ccc(O)c(O)c1)C(=O)O)OC(=O)c1ccccc1O.Cl. The van der Waals surface area contributed by atoms with Crippen LogP contribution in [0.2, 0.25) is 0 Å². The first-order chi connectivity index (χ1) is 12.8. The van der Waals surface area contributed by atoms with Gasteiger partial charge in [0.25, 0.3) is 0 Å². The van der Waals surface area contributed by atoms with Gasteiger partial charge in [0, 0.05) is 6.54 Å². The molecule has 2 rings (SSSR count). The predicted octanol–water partition coefficient (Wildman–Crippen LogP) is 2.06. The number of rotatable bonds is 8. The van der Waals surface area contributed by atoms with Crippen LogP contribution in [0.25, 0.3) is 0 Å². The highest BCUT2D eigenvalue weighted by atomic mass is 35.5. The first-order valence-electron chi connectivity index (χ1n) is 8.24. The first kappa shape index (κ1) is 23.1. The van der Waals surface area contributed by atoms with Crippen LogP contribution < -0.4 is 5.32 Å². The predicted molar refractivity (Wildman–Crippen MR) is 103 cm³/mol. The Morgan fingerprint density at radius 2 is 1.71 bits per heavy atom. The molecule has 0 aliphatic rings. The molecule has 8 nitrogen and oxygen atoms in total. The molecule has 0 saturated carbocycles. The molecule has 0 aliphatic carbocycles. The lowest BCUT2D eigenvalue weighted by atomic mass is 10.1. The molecule has 0 radical (unpaired) electrons. The summed E-state index contributed by atoms with van der Waals surface area (Å²) in [4.78, 5) is 23.5. The maximum absolute atomic E-state index is 12.0. The summed E-state index contributed by atoms with van der Waals surface area (Å²) in [7, 11) is 0. The first-order valence-corrected chi connectivity index (χ1v) is 8.24. The van der Waals surface area contributed by atoms with Gasteiger partial charge in [0.2, 0.25) is 0 Å². The van der Waals surface area contributed by atoms with E-state index in [1.165, 1.54) is 30.3 Å². The van der Waals surface area contributed by atoms with Gasteiger partial charge >= 0.3 is 11.9 Å². The second-order valence-corrected chi connectivity index (χ2v) is 6.06. The second kappa shape index (κ2) is 10.4. The number of aromatic hydroxyl groups is 3. The van der Waals surface area contributed by atoms with Crippen LogP contribution in [0.1, 0.15) is 22.8 Å². The van der Waals surface area contributed by atoms with E-state index in [0.717, 1.165) is 0 Å². The van der Waals surface area contributed by atoms with E-state index >= 15 is 0 Å². The minimum atomic E-state index is -1.11. The average molecular weight is 412 g/mol. The van der Waals surface area contributed by atoms with Crippen LogP contribution in [0, 0.1) is 0 Å². The molecule has 9 heteroatoms. The summed E-state index contributed by atoms with van der Waals surface area (Å²) >= 11 is 0. The fourth-order valence-electron chi connectivity index (χ4n) is 2.42. The Kier molecular flexibility index (Phi) is 8.56. The minimum Gasteiger partial charge on any atom is -0.507 e. The Bertz CT molecular complexity index is 828. The van der Waals surface area contributed by atoms with E-state index in [-0.39, 0.29) is 48.2 Å². The van der Waals surface area contributed by atoms with E-state index in [1.807, 2.05) is 0 Å². The van der Waals surface area contributed by atoms with Crippen molar-refractivity contribution in [1.82, 2.24) is 5.32 Å². The molecule has 2 aromatic rings. The van der Waals surface area contributed by atoms with E-state index in [0.29, 0.717) is 5.56 Å². The maximum Gasteiger partial charge on any atom is 0.342 e.